The first kappa shape index (κ1) is 20.1. The van der Waals surface area contributed by atoms with E-state index in [1.54, 1.807) is 4.90 Å². The van der Waals surface area contributed by atoms with Crippen molar-refractivity contribution in [2.75, 3.05) is 19.6 Å². The van der Waals surface area contributed by atoms with Crippen LogP contribution in [0.3, 0.4) is 0 Å². The maximum atomic E-state index is 12.9. The van der Waals surface area contributed by atoms with E-state index >= 15 is 0 Å². The molecule has 1 saturated carbocycles. The largest absolute Gasteiger partial charge is 0.444 e. The summed E-state index contributed by atoms with van der Waals surface area (Å²) in [6.07, 6.45) is 4.09. The van der Waals surface area contributed by atoms with Crippen LogP contribution in [-0.4, -0.2) is 53.1 Å². The first-order valence-electron chi connectivity index (χ1n) is 9.87. The van der Waals surface area contributed by atoms with Crippen molar-refractivity contribution in [3.05, 3.63) is 0 Å². The van der Waals surface area contributed by atoms with Gasteiger partial charge in [0.25, 0.3) is 0 Å². The quantitative estimate of drug-likeness (QED) is 0.757. The normalized spacial score (nSPS) is 28.2. The molecule has 1 aliphatic heterocycles. The highest BCUT2D eigenvalue weighted by Gasteiger charge is 2.36. The van der Waals surface area contributed by atoms with Crippen LogP contribution in [0.2, 0.25) is 0 Å². The lowest BCUT2D eigenvalue weighted by atomic mass is 9.76. The smallest absolute Gasteiger partial charge is 0.410 e. The van der Waals surface area contributed by atoms with Crippen LogP contribution in [0.5, 0.6) is 0 Å². The molecule has 0 N–H and O–H groups in total. The van der Waals surface area contributed by atoms with Crippen molar-refractivity contribution in [2.45, 2.75) is 78.9 Å². The van der Waals surface area contributed by atoms with Gasteiger partial charge in [0.1, 0.15) is 5.60 Å². The second kappa shape index (κ2) is 7.96. The van der Waals surface area contributed by atoms with Gasteiger partial charge in [-0.3, -0.25) is 4.79 Å². The van der Waals surface area contributed by atoms with Gasteiger partial charge in [-0.25, -0.2) is 4.79 Å². The van der Waals surface area contributed by atoms with E-state index in [-0.39, 0.29) is 18.1 Å². The standard InChI is InChI=1S/C20H36N2O3/c1-14(2)16-7-9-17(10-8-16)18(23)22-12-11-21(13-15(22)3)19(24)25-20(4,5)6/h14-17H,7-13H2,1-6H3/t15-,16-,17+/m1/s1. The molecule has 0 bridgehead atoms. The molecule has 2 aliphatic rings. The molecule has 0 unspecified atom stereocenters. The first-order chi connectivity index (χ1) is 11.6. The number of carbonyl (C=O) groups excluding carboxylic acids is 2. The fourth-order valence-corrected chi connectivity index (χ4v) is 4.04. The SMILES string of the molecule is CC(C)[C@H]1CC[C@@H](C(=O)N2CCN(C(=O)OC(C)(C)C)C[C@H]2C)CC1. The molecule has 1 aliphatic carbocycles. The highest BCUT2D eigenvalue weighted by molar-refractivity contribution is 5.79. The molecule has 25 heavy (non-hydrogen) atoms. The van der Waals surface area contributed by atoms with Gasteiger partial charge in [-0.15, -0.1) is 0 Å². The van der Waals surface area contributed by atoms with Gasteiger partial charge >= 0.3 is 6.09 Å². The lowest BCUT2D eigenvalue weighted by molar-refractivity contribution is -0.141. The number of amides is 2. The number of nitrogens with zero attached hydrogens (tertiary/aromatic N) is 2. The summed E-state index contributed by atoms with van der Waals surface area (Å²) in [7, 11) is 0. The summed E-state index contributed by atoms with van der Waals surface area (Å²) in [5.41, 5.74) is -0.484. The molecular weight excluding hydrogens is 316 g/mol. The minimum Gasteiger partial charge on any atom is -0.444 e. The van der Waals surface area contributed by atoms with Gasteiger partial charge < -0.3 is 14.5 Å². The van der Waals surface area contributed by atoms with Gasteiger partial charge in [-0.1, -0.05) is 13.8 Å². The van der Waals surface area contributed by atoms with Gasteiger partial charge in [-0.2, -0.15) is 0 Å². The summed E-state index contributed by atoms with van der Waals surface area (Å²) in [6, 6.07) is 0.0524. The maximum absolute atomic E-state index is 12.9. The molecule has 1 saturated heterocycles. The van der Waals surface area contributed by atoms with Crippen molar-refractivity contribution in [3.63, 3.8) is 0 Å². The van der Waals surface area contributed by atoms with E-state index in [1.807, 2.05) is 32.6 Å². The number of piperazine rings is 1. The fraction of sp³-hybridized carbons (Fsp3) is 0.900. The Morgan fingerprint density at radius 3 is 2.12 bits per heavy atom. The topological polar surface area (TPSA) is 49.9 Å². The molecule has 5 nitrogen and oxygen atoms in total. The van der Waals surface area contributed by atoms with Crippen molar-refractivity contribution >= 4 is 12.0 Å². The predicted octanol–water partition coefficient (Wildman–Crippen LogP) is 3.92. The molecule has 0 radical (unpaired) electrons. The van der Waals surface area contributed by atoms with Crippen LogP contribution in [0.15, 0.2) is 0 Å². The Morgan fingerprint density at radius 2 is 1.64 bits per heavy atom. The summed E-state index contributed by atoms with van der Waals surface area (Å²) in [5.74, 6) is 1.95. The van der Waals surface area contributed by atoms with E-state index in [0.29, 0.717) is 31.5 Å². The molecule has 144 valence electrons. The molecule has 0 aromatic heterocycles. The monoisotopic (exact) mass is 352 g/mol. The Labute approximate surface area is 153 Å². The second-order valence-electron chi connectivity index (χ2n) is 9.16. The maximum Gasteiger partial charge on any atom is 0.410 e. The van der Waals surface area contributed by atoms with Gasteiger partial charge in [0, 0.05) is 31.6 Å². The third kappa shape index (κ3) is 5.35. The molecule has 1 atom stereocenters. The highest BCUT2D eigenvalue weighted by Crippen LogP contribution is 2.34. The van der Waals surface area contributed by atoms with Crippen molar-refractivity contribution < 1.29 is 14.3 Å². The predicted molar refractivity (Wildman–Crippen MR) is 99.3 cm³/mol. The van der Waals surface area contributed by atoms with Crippen LogP contribution in [0.1, 0.15) is 67.2 Å². The molecule has 0 aromatic carbocycles. The van der Waals surface area contributed by atoms with Crippen LogP contribution in [0.25, 0.3) is 0 Å². The van der Waals surface area contributed by atoms with Crippen LogP contribution >= 0.6 is 0 Å². The van der Waals surface area contributed by atoms with Crippen LogP contribution < -0.4 is 0 Å². The summed E-state index contributed by atoms with van der Waals surface area (Å²) >= 11 is 0. The number of rotatable bonds is 2. The van der Waals surface area contributed by atoms with Gasteiger partial charge in [0.15, 0.2) is 0 Å². The summed E-state index contributed by atoms with van der Waals surface area (Å²) in [6.45, 7) is 14.0. The lowest BCUT2D eigenvalue weighted by Crippen LogP contribution is -2.57. The average molecular weight is 353 g/mol. The van der Waals surface area contributed by atoms with Crippen molar-refractivity contribution in [3.8, 4) is 0 Å². The Hall–Kier alpha value is -1.26. The average Bonchev–Trinajstić information content (AvgIpc) is 2.52. The third-order valence-corrected chi connectivity index (χ3v) is 5.63. The zero-order chi connectivity index (χ0) is 18.8. The van der Waals surface area contributed by atoms with Crippen LogP contribution in [0.4, 0.5) is 4.79 Å². The van der Waals surface area contributed by atoms with Crippen molar-refractivity contribution in [1.29, 1.82) is 0 Å². The first-order valence-corrected chi connectivity index (χ1v) is 9.87. The zero-order valence-corrected chi connectivity index (χ0v) is 16.9. The van der Waals surface area contributed by atoms with E-state index in [4.69, 9.17) is 4.74 Å². The Morgan fingerprint density at radius 1 is 1.04 bits per heavy atom. The van der Waals surface area contributed by atoms with Crippen molar-refractivity contribution in [2.24, 2.45) is 17.8 Å². The number of carbonyl (C=O) groups is 2. The van der Waals surface area contributed by atoms with E-state index in [9.17, 15) is 9.59 Å². The Bertz CT molecular complexity index is 476. The van der Waals surface area contributed by atoms with Crippen LogP contribution in [-0.2, 0) is 9.53 Å². The highest BCUT2D eigenvalue weighted by atomic mass is 16.6. The van der Waals surface area contributed by atoms with E-state index < -0.39 is 5.60 Å². The number of hydrogen-bond donors (Lipinski definition) is 0. The lowest BCUT2D eigenvalue weighted by Gasteiger charge is -2.42. The number of ether oxygens (including phenoxy) is 1. The Balaban J connectivity index is 1.87. The summed E-state index contributed by atoms with van der Waals surface area (Å²) in [5, 5.41) is 0. The fourth-order valence-electron chi connectivity index (χ4n) is 4.04. The van der Waals surface area contributed by atoms with Gasteiger partial charge in [0.2, 0.25) is 5.91 Å². The molecule has 2 rings (SSSR count). The molecule has 5 heteroatoms. The number of hydrogen-bond acceptors (Lipinski definition) is 3. The molecule has 1 heterocycles. The van der Waals surface area contributed by atoms with Gasteiger partial charge in [-0.05, 0) is 65.2 Å². The zero-order valence-electron chi connectivity index (χ0n) is 16.9. The minimum absolute atomic E-state index is 0.0524. The van der Waals surface area contributed by atoms with Gasteiger partial charge in [0.05, 0.1) is 0 Å². The molecule has 2 amide bonds. The van der Waals surface area contributed by atoms with Crippen molar-refractivity contribution in [1.82, 2.24) is 9.80 Å². The second-order valence-corrected chi connectivity index (χ2v) is 9.16. The van der Waals surface area contributed by atoms with E-state index in [2.05, 4.69) is 13.8 Å². The molecule has 0 aromatic rings. The third-order valence-electron chi connectivity index (χ3n) is 5.63. The molecule has 2 fully saturated rings. The molecule has 0 spiro atoms. The summed E-state index contributed by atoms with van der Waals surface area (Å²) < 4.78 is 5.46. The van der Waals surface area contributed by atoms with Crippen LogP contribution in [0, 0.1) is 17.8 Å². The minimum atomic E-state index is -0.484. The Kier molecular flexibility index (Phi) is 6.39. The molecular formula is C20H36N2O3. The van der Waals surface area contributed by atoms with E-state index in [0.717, 1.165) is 18.8 Å². The van der Waals surface area contributed by atoms with E-state index in [1.165, 1.54) is 12.8 Å². The summed E-state index contributed by atoms with van der Waals surface area (Å²) in [4.78, 5) is 28.9.